The number of rotatable bonds is 5. The van der Waals surface area contributed by atoms with Gasteiger partial charge in [-0.05, 0) is 30.7 Å². The van der Waals surface area contributed by atoms with Gasteiger partial charge in [-0.1, -0.05) is 0 Å². The Morgan fingerprint density at radius 3 is 2.46 bits per heavy atom. The number of likely N-dealkylation sites (N-methyl/N-ethyl adjacent to an activating group) is 1. The highest BCUT2D eigenvalue weighted by Gasteiger charge is 2.54. The van der Waals surface area contributed by atoms with Crippen LogP contribution in [0.1, 0.15) is 16.8 Å². The Morgan fingerprint density at radius 1 is 1.18 bits per heavy atom. The highest BCUT2D eigenvalue weighted by Crippen LogP contribution is 2.27. The minimum atomic E-state index is -1.02. The molecule has 0 aromatic heterocycles. The topological polar surface area (TPSA) is 120 Å². The van der Waals surface area contributed by atoms with Crippen molar-refractivity contribution in [3.63, 3.8) is 0 Å². The van der Waals surface area contributed by atoms with Gasteiger partial charge in [0.2, 0.25) is 0 Å². The summed E-state index contributed by atoms with van der Waals surface area (Å²) >= 11 is 0. The Morgan fingerprint density at radius 2 is 1.86 bits per heavy atom. The second-order valence-corrected chi connectivity index (χ2v) is 6.76. The van der Waals surface area contributed by atoms with Crippen molar-refractivity contribution in [2.24, 2.45) is 0 Å². The number of benzene rings is 1. The second kappa shape index (κ2) is 7.75. The van der Waals surface area contributed by atoms with Crippen LogP contribution in [-0.4, -0.2) is 79.6 Å². The van der Waals surface area contributed by atoms with Gasteiger partial charge >= 0.3 is 12.1 Å². The number of carbonyl (C=O) groups excluding carboxylic acids is 4. The molecule has 1 atom stereocenters. The van der Waals surface area contributed by atoms with Gasteiger partial charge in [-0.15, -0.1) is 0 Å². The highest BCUT2D eigenvalue weighted by atomic mass is 16.5. The van der Waals surface area contributed by atoms with E-state index in [1.807, 2.05) is 0 Å². The number of ether oxygens (including phenoxy) is 1. The second-order valence-electron chi connectivity index (χ2n) is 6.76. The molecule has 6 amide bonds. The first kappa shape index (κ1) is 19.5. The van der Waals surface area contributed by atoms with Crippen LogP contribution >= 0.6 is 0 Å². The minimum Gasteiger partial charge on any atom is -0.497 e. The molecular weight excluding hydrogens is 366 g/mol. The lowest BCUT2D eigenvalue weighted by Crippen LogP contribution is -2.51. The Bertz CT molecular complexity index is 796. The summed E-state index contributed by atoms with van der Waals surface area (Å²) in [5.74, 6) is 0.0919. The van der Waals surface area contributed by atoms with Crippen LogP contribution in [0.5, 0.6) is 5.75 Å². The lowest BCUT2D eigenvalue weighted by atomic mass is 9.99. The van der Waals surface area contributed by atoms with Gasteiger partial charge in [-0.2, -0.15) is 0 Å². The van der Waals surface area contributed by atoms with Gasteiger partial charge in [-0.25, -0.2) is 9.59 Å². The molecule has 0 radical (unpaired) electrons. The molecule has 0 saturated carbocycles. The smallest absolute Gasteiger partial charge is 0.324 e. The highest BCUT2D eigenvalue weighted by molar-refractivity contribution is 6.07. The average Bonchev–Trinajstić information content (AvgIpc) is 3.22. The largest absolute Gasteiger partial charge is 0.497 e. The van der Waals surface area contributed by atoms with Gasteiger partial charge in [-0.3, -0.25) is 14.5 Å². The fourth-order valence-corrected chi connectivity index (χ4v) is 3.32. The van der Waals surface area contributed by atoms with Crippen LogP contribution in [-0.2, 0) is 4.79 Å². The predicted molar refractivity (Wildman–Crippen MR) is 98.9 cm³/mol. The minimum absolute atomic E-state index is 0.131. The lowest BCUT2D eigenvalue weighted by Gasteiger charge is -2.21. The van der Waals surface area contributed by atoms with Crippen molar-refractivity contribution in [1.82, 2.24) is 25.8 Å². The molecule has 10 nitrogen and oxygen atoms in total. The molecule has 2 aliphatic rings. The number of urea groups is 2. The third kappa shape index (κ3) is 3.71. The lowest BCUT2D eigenvalue weighted by molar-refractivity contribution is -0.129. The van der Waals surface area contributed by atoms with E-state index in [-0.39, 0.29) is 37.5 Å². The molecule has 28 heavy (non-hydrogen) atoms. The number of nitrogens with zero attached hydrogens (tertiary/aromatic N) is 2. The van der Waals surface area contributed by atoms with E-state index in [4.69, 9.17) is 4.74 Å². The van der Waals surface area contributed by atoms with E-state index in [2.05, 4.69) is 16.0 Å². The molecule has 1 unspecified atom stereocenters. The van der Waals surface area contributed by atoms with Crippen molar-refractivity contribution in [3.05, 3.63) is 29.8 Å². The third-order valence-corrected chi connectivity index (χ3v) is 4.96. The Balaban J connectivity index is 1.42. The summed E-state index contributed by atoms with van der Waals surface area (Å²) in [6, 6.07) is 5.90. The van der Waals surface area contributed by atoms with E-state index in [9.17, 15) is 19.2 Å². The number of imide groups is 1. The van der Waals surface area contributed by atoms with E-state index in [0.717, 1.165) is 4.90 Å². The predicted octanol–water partition coefficient (Wildman–Crippen LogP) is -0.239. The van der Waals surface area contributed by atoms with Crippen LogP contribution in [0.3, 0.4) is 0 Å². The number of methoxy groups -OCH3 is 1. The number of hydrogen-bond acceptors (Lipinski definition) is 5. The van der Waals surface area contributed by atoms with Crippen molar-refractivity contribution in [2.45, 2.75) is 12.0 Å². The monoisotopic (exact) mass is 389 g/mol. The van der Waals surface area contributed by atoms with Crippen molar-refractivity contribution in [2.75, 3.05) is 40.3 Å². The summed E-state index contributed by atoms with van der Waals surface area (Å²) in [5, 5.41) is 8.10. The van der Waals surface area contributed by atoms with Gasteiger partial charge in [0.25, 0.3) is 11.8 Å². The molecule has 2 fully saturated rings. The molecule has 2 heterocycles. The van der Waals surface area contributed by atoms with E-state index in [0.29, 0.717) is 24.3 Å². The zero-order chi connectivity index (χ0) is 20.3. The van der Waals surface area contributed by atoms with Crippen LogP contribution in [0.4, 0.5) is 9.59 Å². The first-order valence-corrected chi connectivity index (χ1v) is 8.91. The molecule has 10 heteroatoms. The first-order valence-electron chi connectivity index (χ1n) is 8.91. The molecule has 1 spiro atoms. The van der Waals surface area contributed by atoms with Gasteiger partial charge in [0.1, 0.15) is 11.3 Å². The molecule has 0 aliphatic carbocycles. The molecule has 1 aromatic carbocycles. The number of likely N-dealkylation sites (tertiary alicyclic amines) is 1. The van der Waals surface area contributed by atoms with Crippen LogP contribution in [0.2, 0.25) is 0 Å². The molecule has 3 N–H and O–H groups in total. The van der Waals surface area contributed by atoms with E-state index in [1.54, 1.807) is 31.4 Å². The standard InChI is InChI=1S/C18H23N5O5/c1-22-15(25)18(21-17(22)27)7-10-23(11-18)16(26)20-9-8-19-14(24)12-3-5-13(28-2)6-4-12/h3-6H,7-11H2,1-2H3,(H,19,24)(H,20,26)(H,21,27). The van der Waals surface area contributed by atoms with Gasteiger partial charge < -0.3 is 25.6 Å². The quantitative estimate of drug-likeness (QED) is 0.474. The normalized spacial score (nSPS) is 21.1. The average molecular weight is 389 g/mol. The molecule has 1 aromatic rings. The maximum absolute atomic E-state index is 12.3. The molecule has 0 bridgehead atoms. The molecule has 2 saturated heterocycles. The third-order valence-electron chi connectivity index (χ3n) is 4.96. The van der Waals surface area contributed by atoms with Crippen molar-refractivity contribution in [1.29, 1.82) is 0 Å². The number of nitrogens with one attached hydrogen (secondary N) is 3. The summed E-state index contributed by atoms with van der Waals surface area (Å²) in [6.45, 7) is 0.994. The Hall–Kier alpha value is -3.30. The van der Waals surface area contributed by atoms with E-state index >= 15 is 0 Å². The number of amides is 6. The maximum Gasteiger partial charge on any atom is 0.324 e. The maximum atomic E-state index is 12.3. The van der Waals surface area contributed by atoms with Gasteiger partial charge in [0.05, 0.1) is 13.7 Å². The van der Waals surface area contributed by atoms with Crippen LogP contribution < -0.4 is 20.7 Å². The fourth-order valence-electron chi connectivity index (χ4n) is 3.32. The van der Waals surface area contributed by atoms with Crippen LogP contribution in [0.15, 0.2) is 24.3 Å². The number of hydrogen-bond donors (Lipinski definition) is 3. The SMILES string of the molecule is COc1ccc(C(=O)NCCNC(=O)N2CCC3(C2)NC(=O)N(C)C3=O)cc1. The summed E-state index contributed by atoms with van der Waals surface area (Å²) in [7, 11) is 2.97. The summed E-state index contributed by atoms with van der Waals surface area (Å²) < 4.78 is 5.04. The summed E-state index contributed by atoms with van der Waals surface area (Å²) in [5.41, 5.74) is -0.528. The van der Waals surface area contributed by atoms with E-state index in [1.165, 1.54) is 11.9 Å². The summed E-state index contributed by atoms with van der Waals surface area (Å²) in [6.07, 6.45) is 0.379. The zero-order valence-corrected chi connectivity index (χ0v) is 15.8. The fraction of sp³-hybridized carbons (Fsp3) is 0.444. The zero-order valence-electron chi connectivity index (χ0n) is 15.8. The van der Waals surface area contributed by atoms with Crippen molar-refractivity contribution in [3.8, 4) is 5.75 Å². The number of carbonyl (C=O) groups is 4. The van der Waals surface area contributed by atoms with Gasteiger partial charge in [0, 0.05) is 32.2 Å². The molecule has 2 aliphatic heterocycles. The van der Waals surface area contributed by atoms with Crippen LogP contribution in [0.25, 0.3) is 0 Å². The van der Waals surface area contributed by atoms with Crippen LogP contribution in [0, 0.1) is 0 Å². The molecule has 3 rings (SSSR count). The Kier molecular flexibility index (Phi) is 5.39. The van der Waals surface area contributed by atoms with E-state index < -0.39 is 11.6 Å². The van der Waals surface area contributed by atoms with Gasteiger partial charge in [0.15, 0.2) is 0 Å². The van der Waals surface area contributed by atoms with Crippen molar-refractivity contribution >= 4 is 23.9 Å². The molecular formula is C18H23N5O5. The van der Waals surface area contributed by atoms with Crippen molar-refractivity contribution < 1.29 is 23.9 Å². The Labute approximate surface area is 162 Å². The first-order chi connectivity index (χ1) is 13.4. The molecule has 150 valence electrons. The summed E-state index contributed by atoms with van der Waals surface area (Å²) in [4.78, 5) is 50.8.